The summed E-state index contributed by atoms with van der Waals surface area (Å²) in [5.41, 5.74) is 3.25. The maximum Gasteiger partial charge on any atom is 0.123 e. The van der Waals surface area contributed by atoms with E-state index in [2.05, 4.69) is 11.0 Å². The molecule has 0 spiro atoms. The lowest BCUT2D eigenvalue weighted by atomic mass is 9.82. The highest BCUT2D eigenvalue weighted by molar-refractivity contribution is 5.48. The van der Waals surface area contributed by atoms with Crippen molar-refractivity contribution in [3.63, 3.8) is 0 Å². The van der Waals surface area contributed by atoms with Crippen LogP contribution >= 0.6 is 0 Å². The van der Waals surface area contributed by atoms with Crippen molar-refractivity contribution in [2.75, 3.05) is 19.6 Å². The van der Waals surface area contributed by atoms with Crippen molar-refractivity contribution in [3.8, 4) is 6.07 Å². The second-order valence-corrected chi connectivity index (χ2v) is 6.91. The Morgan fingerprint density at radius 2 is 1.88 bits per heavy atom. The van der Waals surface area contributed by atoms with E-state index >= 15 is 0 Å². The van der Waals surface area contributed by atoms with Crippen LogP contribution in [0.1, 0.15) is 41.5 Å². The minimum atomic E-state index is -0.556. The van der Waals surface area contributed by atoms with E-state index < -0.39 is 5.60 Å². The van der Waals surface area contributed by atoms with Gasteiger partial charge in [0.15, 0.2) is 0 Å². The summed E-state index contributed by atoms with van der Waals surface area (Å²) in [7, 11) is 0. The van der Waals surface area contributed by atoms with Gasteiger partial charge >= 0.3 is 0 Å². The van der Waals surface area contributed by atoms with Crippen LogP contribution in [-0.2, 0) is 16.9 Å². The normalized spacial score (nSPS) is 22.7. The van der Waals surface area contributed by atoms with Crippen molar-refractivity contribution in [1.82, 2.24) is 4.90 Å². The quantitative estimate of drug-likeness (QED) is 0.848. The maximum atomic E-state index is 13.4. The van der Waals surface area contributed by atoms with Crippen molar-refractivity contribution in [2.24, 2.45) is 0 Å². The van der Waals surface area contributed by atoms with Crippen molar-refractivity contribution in [2.45, 2.75) is 31.5 Å². The monoisotopic (exact) mass is 336 g/mol. The molecular weight excluding hydrogens is 315 g/mol. The average molecular weight is 336 g/mol. The van der Waals surface area contributed by atoms with E-state index in [4.69, 9.17) is 10.00 Å². The molecule has 1 saturated heterocycles. The molecule has 0 N–H and O–H groups in total. The van der Waals surface area contributed by atoms with E-state index in [1.165, 1.54) is 25.0 Å². The number of hydrogen-bond donors (Lipinski definition) is 0. The van der Waals surface area contributed by atoms with Crippen molar-refractivity contribution in [3.05, 3.63) is 70.5 Å². The van der Waals surface area contributed by atoms with Crippen LogP contribution in [-0.4, -0.2) is 24.5 Å². The van der Waals surface area contributed by atoms with Gasteiger partial charge in [0, 0.05) is 6.54 Å². The van der Waals surface area contributed by atoms with E-state index in [1.807, 2.05) is 30.3 Å². The molecule has 0 saturated carbocycles. The molecule has 2 aliphatic rings. The number of rotatable bonds is 4. The molecule has 0 bridgehead atoms. The third-order valence-corrected chi connectivity index (χ3v) is 5.43. The van der Waals surface area contributed by atoms with E-state index in [-0.39, 0.29) is 5.82 Å². The molecular formula is C21H21FN2O. The highest BCUT2D eigenvalue weighted by atomic mass is 19.1. The second-order valence-electron chi connectivity index (χ2n) is 6.91. The van der Waals surface area contributed by atoms with Gasteiger partial charge in [0.2, 0.25) is 0 Å². The van der Waals surface area contributed by atoms with Gasteiger partial charge in [0.1, 0.15) is 11.4 Å². The first kappa shape index (κ1) is 16.3. The van der Waals surface area contributed by atoms with Crippen LogP contribution in [0, 0.1) is 17.1 Å². The number of fused-ring (bicyclic) bond motifs is 1. The fraction of sp³-hybridized carbons (Fsp3) is 0.381. The number of halogens is 1. The van der Waals surface area contributed by atoms with Crippen LogP contribution in [0.25, 0.3) is 0 Å². The number of benzene rings is 2. The standard InChI is InChI=1S/C21H21FN2O/c22-19-6-4-18(5-7-19)21(9-12-24-10-1-2-11-24)20-8-3-16(14-23)13-17(20)15-25-21/h3-8,13H,1-2,9-12,15H2. The summed E-state index contributed by atoms with van der Waals surface area (Å²) in [5, 5.41) is 9.15. The summed E-state index contributed by atoms with van der Waals surface area (Å²) in [6.45, 7) is 3.72. The third kappa shape index (κ3) is 2.95. The zero-order valence-corrected chi connectivity index (χ0v) is 14.2. The Morgan fingerprint density at radius 3 is 2.60 bits per heavy atom. The number of nitrogens with zero attached hydrogens (tertiary/aromatic N) is 2. The minimum absolute atomic E-state index is 0.239. The number of nitriles is 1. The molecule has 2 aromatic carbocycles. The molecule has 4 rings (SSSR count). The summed E-state index contributed by atoms with van der Waals surface area (Å²) >= 11 is 0. The van der Waals surface area contributed by atoms with Crippen LogP contribution in [0.15, 0.2) is 42.5 Å². The molecule has 0 aromatic heterocycles. The van der Waals surface area contributed by atoms with Crippen LogP contribution in [0.2, 0.25) is 0 Å². The molecule has 3 nitrogen and oxygen atoms in total. The van der Waals surface area contributed by atoms with Gasteiger partial charge in [-0.05, 0) is 73.3 Å². The van der Waals surface area contributed by atoms with Gasteiger partial charge in [0.25, 0.3) is 0 Å². The number of ether oxygens (including phenoxy) is 1. The Bertz CT molecular complexity index is 806. The maximum absolute atomic E-state index is 13.4. The average Bonchev–Trinajstić information content (AvgIpc) is 3.28. The van der Waals surface area contributed by atoms with E-state index in [9.17, 15) is 4.39 Å². The van der Waals surface area contributed by atoms with Crippen LogP contribution in [0.5, 0.6) is 0 Å². The molecule has 128 valence electrons. The Hall–Kier alpha value is -2.22. The Kier molecular flexibility index (Phi) is 4.29. The lowest BCUT2D eigenvalue weighted by Crippen LogP contribution is -2.33. The molecule has 1 atom stereocenters. The first-order valence-corrected chi connectivity index (χ1v) is 8.87. The molecule has 25 heavy (non-hydrogen) atoms. The van der Waals surface area contributed by atoms with E-state index in [0.29, 0.717) is 12.2 Å². The van der Waals surface area contributed by atoms with Crippen molar-refractivity contribution >= 4 is 0 Å². The second kappa shape index (κ2) is 6.59. The third-order valence-electron chi connectivity index (χ3n) is 5.43. The SMILES string of the molecule is N#Cc1ccc2c(c1)COC2(CCN1CCCC1)c1ccc(F)cc1. The van der Waals surface area contributed by atoms with Gasteiger partial charge in [0.05, 0.1) is 18.2 Å². The van der Waals surface area contributed by atoms with Crippen molar-refractivity contribution in [1.29, 1.82) is 5.26 Å². The highest BCUT2D eigenvalue weighted by Crippen LogP contribution is 2.45. The predicted molar refractivity (Wildman–Crippen MR) is 93.4 cm³/mol. The zero-order chi connectivity index (χ0) is 17.3. The van der Waals surface area contributed by atoms with Gasteiger partial charge in [-0.2, -0.15) is 5.26 Å². The largest absolute Gasteiger partial charge is 0.361 e. The smallest absolute Gasteiger partial charge is 0.123 e. The summed E-state index contributed by atoms with van der Waals surface area (Å²) in [6.07, 6.45) is 3.34. The lowest BCUT2D eigenvalue weighted by molar-refractivity contribution is -0.0168. The summed E-state index contributed by atoms with van der Waals surface area (Å²) in [6, 6.07) is 14.6. The predicted octanol–water partition coefficient (Wildman–Crippen LogP) is 3.96. The Labute approximate surface area is 147 Å². The first-order valence-electron chi connectivity index (χ1n) is 8.87. The van der Waals surface area contributed by atoms with Gasteiger partial charge in [-0.1, -0.05) is 18.2 Å². The molecule has 4 heteroatoms. The summed E-state index contributed by atoms with van der Waals surface area (Å²) in [5.74, 6) is -0.239. The highest BCUT2D eigenvalue weighted by Gasteiger charge is 2.42. The van der Waals surface area contributed by atoms with E-state index in [0.717, 1.165) is 42.7 Å². The minimum Gasteiger partial charge on any atom is -0.361 e. The number of hydrogen-bond acceptors (Lipinski definition) is 3. The van der Waals surface area contributed by atoms with Crippen LogP contribution in [0.3, 0.4) is 0 Å². The molecule has 2 aromatic rings. The van der Waals surface area contributed by atoms with Gasteiger partial charge in [-0.15, -0.1) is 0 Å². The van der Waals surface area contributed by atoms with Crippen LogP contribution in [0.4, 0.5) is 4.39 Å². The molecule has 1 unspecified atom stereocenters. The summed E-state index contributed by atoms with van der Waals surface area (Å²) < 4.78 is 19.8. The topological polar surface area (TPSA) is 36.3 Å². The molecule has 0 amide bonds. The molecule has 2 aliphatic heterocycles. The Balaban J connectivity index is 1.73. The Morgan fingerprint density at radius 1 is 1.12 bits per heavy atom. The fourth-order valence-electron chi connectivity index (χ4n) is 4.09. The fourth-order valence-corrected chi connectivity index (χ4v) is 4.09. The van der Waals surface area contributed by atoms with E-state index in [1.54, 1.807) is 0 Å². The first-order chi connectivity index (χ1) is 12.2. The molecule has 2 heterocycles. The van der Waals surface area contributed by atoms with Gasteiger partial charge in [-0.3, -0.25) is 0 Å². The summed E-state index contributed by atoms with van der Waals surface area (Å²) in [4.78, 5) is 2.47. The van der Waals surface area contributed by atoms with Gasteiger partial charge in [-0.25, -0.2) is 4.39 Å². The molecule has 0 radical (unpaired) electrons. The zero-order valence-electron chi connectivity index (χ0n) is 14.2. The van der Waals surface area contributed by atoms with Crippen LogP contribution < -0.4 is 0 Å². The lowest BCUT2D eigenvalue weighted by Gasteiger charge is -2.32. The van der Waals surface area contributed by atoms with Gasteiger partial charge < -0.3 is 9.64 Å². The molecule has 0 aliphatic carbocycles. The number of likely N-dealkylation sites (tertiary alicyclic amines) is 1. The molecule has 1 fully saturated rings. The van der Waals surface area contributed by atoms with Crippen molar-refractivity contribution < 1.29 is 9.13 Å².